The lowest BCUT2D eigenvalue weighted by atomic mass is 10.1. The maximum atomic E-state index is 12.9. The number of carbonyl (C=O) groups is 2. The number of rotatable bonds is 1. The van der Waals surface area contributed by atoms with E-state index in [1.54, 1.807) is 15.6 Å². The third kappa shape index (κ3) is 1.57. The second-order valence-corrected chi connectivity index (χ2v) is 5.77. The lowest BCUT2D eigenvalue weighted by molar-refractivity contribution is 0.0911. The predicted octanol–water partition coefficient (Wildman–Crippen LogP) is 2.27. The van der Waals surface area contributed by atoms with Gasteiger partial charge in [0.2, 0.25) is 0 Å². The molecule has 1 N–H and O–H groups in total. The van der Waals surface area contributed by atoms with Crippen molar-refractivity contribution >= 4 is 17.6 Å². The van der Waals surface area contributed by atoms with Gasteiger partial charge in [-0.25, -0.2) is 4.68 Å². The highest BCUT2D eigenvalue weighted by Gasteiger charge is 2.45. The van der Waals surface area contributed by atoms with Crippen molar-refractivity contribution < 1.29 is 9.59 Å². The molecule has 0 radical (unpaired) electrons. The van der Waals surface area contributed by atoms with Crippen molar-refractivity contribution in [1.82, 2.24) is 15.1 Å². The van der Waals surface area contributed by atoms with Crippen molar-refractivity contribution in [2.75, 3.05) is 4.90 Å². The third-order valence-corrected chi connectivity index (χ3v) is 4.45. The molecule has 3 aromatic rings. The highest BCUT2D eigenvalue weighted by molar-refractivity contribution is 6.16. The van der Waals surface area contributed by atoms with Crippen LogP contribution in [0.15, 0.2) is 60.8 Å². The minimum absolute atomic E-state index is 0.130. The molecule has 5 rings (SSSR count). The van der Waals surface area contributed by atoms with Crippen LogP contribution in [-0.2, 0) is 0 Å². The van der Waals surface area contributed by atoms with E-state index in [0.29, 0.717) is 16.9 Å². The maximum Gasteiger partial charge on any atom is 0.261 e. The molecule has 0 saturated carbocycles. The molecule has 3 heterocycles. The van der Waals surface area contributed by atoms with Gasteiger partial charge in [0.25, 0.3) is 11.8 Å². The van der Waals surface area contributed by atoms with Crippen molar-refractivity contribution in [3.63, 3.8) is 0 Å². The largest absolute Gasteiger partial charge is 0.327 e. The van der Waals surface area contributed by atoms with Gasteiger partial charge in [0.15, 0.2) is 5.82 Å². The standard InChI is InChI=1S/C18H12N4O2/c23-16-14-10-19-22(11-6-2-1-3-7-11)17(14)21-15(20-16)12-8-4-5-9-13(12)18(21)24/h1-10,15H,(H,20,23)/t15-/m0/s1. The van der Waals surface area contributed by atoms with Gasteiger partial charge >= 0.3 is 0 Å². The van der Waals surface area contributed by atoms with Crippen molar-refractivity contribution in [2.24, 2.45) is 0 Å². The van der Waals surface area contributed by atoms with Gasteiger partial charge in [-0.3, -0.25) is 14.5 Å². The number of carbonyl (C=O) groups excluding carboxylic acids is 2. The smallest absolute Gasteiger partial charge is 0.261 e. The van der Waals surface area contributed by atoms with E-state index in [4.69, 9.17) is 0 Å². The van der Waals surface area contributed by atoms with Crippen LogP contribution in [0.5, 0.6) is 0 Å². The molecule has 2 aliphatic heterocycles. The van der Waals surface area contributed by atoms with Crippen LogP contribution in [0.3, 0.4) is 0 Å². The Morgan fingerprint density at radius 3 is 2.50 bits per heavy atom. The van der Waals surface area contributed by atoms with Crippen molar-refractivity contribution in [2.45, 2.75) is 6.17 Å². The Kier molecular flexibility index (Phi) is 2.48. The number of amides is 2. The molecule has 1 atom stereocenters. The highest BCUT2D eigenvalue weighted by atomic mass is 16.2. The van der Waals surface area contributed by atoms with Crippen LogP contribution in [0, 0.1) is 0 Å². The zero-order valence-corrected chi connectivity index (χ0v) is 12.5. The number of fused-ring (bicyclic) bond motifs is 5. The lowest BCUT2D eigenvalue weighted by Gasteiger charge is -2.31. The first kappa shape index (κ1) is 13.1. The summed E-state index contributed by atoms with van der Waals surface area (Å²) < 4.78 is 1.64. The maximum absolute atomic E-state index is 12.9. The summed E-state index contributed by atoms with van der Waals surface area (Å²) >= 11 is 0. The fraction of sp³-hybridized carbons (Fsp3) is 0.0556. The summed E-state index contributed by atoms with van der Waals surface area (Å²) in [6, 6.07) is 16.8. The fourth-order valence-electron chi connectivity index (χ4n) is 3.37. The monoisotopic (exact) mass is 316 g/mol. The SMILES string of the molecule is O=C1N[C@@H]2c3ccccc3C(=O)N2c2c1cnn2-c1ccccc1. The first-order valence-corrected chi connectivity index (χ1v) is 7.62. The molecule has 0 aliphatic carbocycles. The van der Waals surface area contributed by atoms with Gasteiger partial charge < -0.3 is 5.32 Å². The summed E-state index contributed by atoms with van der Waals surface area (Å²) in [4.78, 5) is 27.0. The van der Waals surface area contributed by atoms with Gasteiger partial charge in [-0.15, -0.1) is 0 Å². The number of anilines is 1. The second-order valence-electron chi connectivity index (χ2n) is 5.77. The molecule has 116 valence electrons. The molecule has 6 heteroatoms. The molecule has 2 aromatic carbocycles. The number of benzene rings is 2. The Morgan fingerprint density at radius 2 is 1.67 bits per heavy atom. The van der Waals surface area contributed by atoms with Crippen LogP contribution in [0.4, 0.5) is 5.82 Å². The topological polar surface area (TPSA) is 67.2 Å². The van der Waals surface area contributed by atoms with Crippen molar-refractivity contribution in [1.29, 1.82) is 0 Å². The predicted molar refractivity (Wildman–Crippen MR) is 87.0 cm³/mol. The number of hydrogen-bond acceptors (Lipinski definition) is 3. The Labute approximate surface area is 137 Å². The van der Waals surface area contributed by atoms with E-state index in [0.717, 1.165) is 11.3 Å². The van der Waals surface area contributed by atoms with Crippen molar-refractivity contribution in [3.05, 3.63) is 77.5 Å². The minimum Gasteiger partial charge on any atom is -0.327 e. The van der Waals surface area contributed by atoms with E-state index in [1.165, 1.54) is 6.20 Å². The molecule has 0 unspecified atom stereocenters. The van der Waals surface area contributed by atoms with Gasteiger partial charge in [-0.2, -0.15) is 5.10 Å². The molecular formula is C18H12N4O2. The van der Waals surface area contributed by atoms with E-state index in [9.17, 15) is 9.59 Å². The fourth-order valence-corrected chi connectivity index (χ4v) is 3.37. The number of nitrogens with one attached hydrogen (secondary N) is 1. The summed E-state index contributed by atoms with van der Waals surface area (Å²) in [5, 5.41) is 7.24. The number of hydrogen-bond donors (Lipinski definition) is 1. The lowest BCUT2D eigenvalue weighted by Crippen LogP contribution is -2.45. The molecule has 0 fully saturated rings. The van der Waals surface area contributed by atoms with Gasteiger partial charge in [0, 0.05) is 11.1 Å². The first-order chi connectivity index (χ1) is 11.8. The molecule has 0 spiro atoms. The van der Waals surface area contributed by atoms with Gasteiger partial charge in [-0.05, 0) is 18.2 Å². The van der Waals surface area contributed by atoms with Crippen LogP contribution in [0.25, 0.3) is 5.69 Å². The zero-order valence-electron chi connectivity index (χ0n) is 12.5. The second kappa shape index (κ2) is 4.55. The van der Waals surface area contributed by atoms with Crippen LogP contribution < -0.4 is 10.2 Å². The van der Waals surface area contributed by atoms with E-state index in [1.807, 2.05) is 48.5 Å². The molecule has 2 aliphatic rings. The van der Waals surface area contributed by atoms with Crippen LogP contribution in [0.2, 0.25) is 0 Å². The average molecular weight is 316 g/mol. The Hall–Kier alpha value is -3.41. The van der Waals surface area contributed by atoms with Crippen LogP contribution in [-0.4, -0.2) is 21.6 Å². The summed E-state index contributed by atoms with van der Waals surface area (Å²) in [6.45, 7) is 0. The normalized spacial score (nSPS) is 18.0. The van der Waals surface area contributed by atoms with Crippen LogP contribution in [0.1, 0.15) is 32.4 Å². The summed E-state index contributed by atoms with van der Waals surface area (Å²) in [7, 11) is 0. The quantitative estimate of drug-likeness (QED) is 0.749. The highest BCUT2D eigenvalue weighted by Crippen LogP contribution is 2.41. The van der Waals surface area contributed by atoms with E-state index in [2.05, 4.69) is 10.4 Å². The van der Waals surface area contributed by atoms with Gasteiger partial charge in [0.05, 0.1) is 11.9 Å². The number of aromatic nitrogens is 2. The molecule has 0 saturated heterocycles. The molecule has 6 nitrogen and oxygen atoms in total. The summed E-state index contributed by atoms with van der Waals surface area (Å²) in [5.41, 5.74) is 2.62. The summed E-state index contributed by atoms with van der Waals surface area (Å²) in [5.74, 6) is 0.156. The van der Waals surface area contributed by atoms with Crippen LogP contribution >= 0.6 is 0 Å². The number of nitrogens with zero attached hydrogens (tertiary/aromatic N) is 3. The summed E-state index contributed by atoms with van der Waals surface area (Å²) in [6.07, 6.45) is 1.01. The van der Waals surface area contributed by atoms with E-state index < -0.39 is 6.17 Å². The average Bonchev–Trinajstić information content (AvgIpc) is 3.17. The van der Waals surface area contributed by atoms with E-state index >= 15 is 0 Å². The van der Waals surface area contributed by atoms with E-state index in [-0.39, 0.29) is 11.8 Å². The zero-order chi connectivity index (χ0) is 16.3. The molecule has 0 bridgehead atoms. The molecule has 2 amide bonds. The third-order valence-electron chi connectivity index (χ3n) is 4.45. The van der Waals surface area contributed by atoms with Crippen molar-refractivity contribution in [3.8, 4) is 5.69 Å². The minimum atomic E-state index is -0.493. The molecule has 1 aromatic heterocycles. The molecular weight excluding hydrogens is 304 g/mol. The molecule has 24 heavy (non-hydrogen) atoms. The Bertz CT molecular complexity index is 993. The number of para-hydroxylation sites is 1. The Balaban J connectivity index is 1.75. The van der Waals surface area contributed by atoms with Gasteiger partial charge in [0.1, 0.15) is 11.7 Å². The first-order valence-electron chi connectivity index (χ1n) is 7.62. The van der Waals surface area contributed by atoms with Gasteiger partial charge in [-0.1, -0.05) is 36.4 Å². The Morgan fingerprint density at radius 1 is 0.917 bits per heavy atom.